The average Bonchev–Trinajstić information content (AvgIpc) is 3.13. The van der Waals surface area contributed by atoms with Crippen LogP contribution in [-0.4, -0.2) is 28.7 Å². The van der Waals surface area contributed by atoms with Crippen molar-refractivity contribution in [1.82, 2.24) is 9.88 Å². The molecule has 0 saturated carbocycles. The second-order valence-electron chi connectivity index (χ2n) is 6.92. The fraction of sp³-hybridized carbons (Fsp3) is 0.421. The smallest absolute Gasteiger partial charge is 0.232 e. The molecule has 2 heterocycles. The van der Waals surface area contributed by atoms with Gasteiger partial charge in [0, 0.05) is 30.5 Å². The zero-order valence-corrected chi connectivity index (χ0v) is 15.8. The summed E-state index contributed by atoms with van der Waals surface area (Å²) in [6.07, 6.45) is 0.181. The summed E-state index contributed by atoms with van der Waals surface area (Å²) in [5.41, 5.74) is 3.72. The van der Waals surface area contributed by atoms with Crippen molar-refractivity contribution in [3.63, 3.8) is 0 Å². The van der Waals surface area contributed by atoms with Gasteiger partial charge in [-0.15, -0.1) is 11.3 Å². The monoisotopic (exact) mass is 357 g/mol. The standard InChI is InChI=1S/C19H23N3O2S/c1-11(2)19-20-13(10-25-19)9-22(4)17(23)8-15-14-7-12(3)5-6-16(14)21-18(15)24/h5-7,10-11,15H,8-9H2,1-4H3,(H,21,24). The first-order chi connectivity index (χ1) is 11.8. The Balaban J connectivity index is 1.67. The SMILES string of the molecule is Cc1ccc2c(c1)C(CC(=O)N(C)Cc1csc(C(C)C)n1)C(=O)N2. The van der Waals surface area contributed by atoms with Gasteiger partial charge in [-0.3, -0.25) is 9.59 Å². The van der Waals surface area contributed by atoms with E-state index in [0.717, 1.165) is 27.5 Å². The first-order valence-electron chi connectivity index (χ1n) is 8.45. The Morgan fingerprint density at radius 3 is 2.84 bits per heavy atom. The lowest BCUT2D eigenvalue weighted by Gasteiger charge is -2.18. The molecule has 0 spiro atoms. The average molecular weight is 357 g/mol. The van der Waals surface area contributed by atoms with Crippen molar-refractivity contribution in [2.45, 2.75) is 45.6 Å². The summed E-state index contributed by atoms with van der Waals surface area (Å²) >= 11 is 1.62. The quantitative estimate of drug-likeness (QED) is 0.888. The Bertz CT molecular complexity index is 813. The lowest BCUT2D eigenvalue weighted by Crippen LogP contribution is -2.29. The highest BCUT2D eigenvalue weighted by Crippen LogP contribution is 2.35. The minimum atomic E-state index is -0.411. The summed E-state index contributed by atoms with van der Waals surface area (Å²) in [6, 6.07) is 5.85. The van der Waals surface area contributed by atoms with Crippen LogP contribution in [-0.2, 0) is 16.1 Å². The van der Waals surface area contributed by atoms with Crippen molar-refractivity contribution in [3.8, 4) is 0 Å². The third-order valence-electron chi connectivity index (χ3n) is 4.42. The minimum absolute atomic E-state index is 0.0476. The van der Waals surface area contributed by atoms with Crippen molar-refractivity contribution in [3.05, 3.63) is 45.4 Å². The maximum atomic E-state index is 12.6. The highest BCUT2D eigenvalue weighted by atomic mass is 32.1. The molecule has 1 aromatic heterocycles. The Morgan fingerprint density at radius 1 is 1.40 bits per heavy atom. The van der Waals surface area contributed by atoms with Crippen LogP contribution >= 0.6 is 11.3 Å². The van der Waals surface area contributed by atoms with E-state index in [0.29, 0.717) is 12.5 Å². The van der Waals surface area contributed by atoms with Crippen molar-refractivity contribution in [2.24, 2.45) is 0 Å². The molecule has 1 aliphatic rings. The van der Waals surface area contributed by atoms with Gasteiger partial charge in [-0.05, 0) is 18.6 Å². The van der Waals surface area contributed by atoms with Crippen LogP contribution < -0.4 is 5.32 Å². The Kier molecular flexibility index (Phi) is 4.90. The van der Waals surface area contributed by atoms with Gasteiger partial charge in [-0.2, -0.15) is 0 Å². The van der Waals surface area contributed by atoms with E-state index in [1.807, 2.05) is 30.5 Å². The van der Waals surface area contributed by atoms with E-state index in [9.17, 15) is 9.59 Å². The number of nitrogens with zero attached hydrogens (tertiary/aromatic N) is 2. The summed E-state index contributed by atoms with van der Waals surface area (Å²) in [6.45, 7) is 6.67. The molecule has 2 aromatic rings. The molecule has 132 valence electrons. The topological polar surface area (TPSA) is 62.3 Å². The van der Waals surface area contributed by atoms with Gasteiger partial charge < -0.3 is 10.2 Å². The number of carbonyl (C=O) groups excluding carboxylic acids is 2. The van der Waals surface area contributed by atoms with Crippen LogP contribution in [0.1, 0.15) is 53.9 Å². The van der Waals surface area contributed by atoms with Crippen molar-refractivity contribution >= 4 is 28.8 Å². The molecule has 1 atom stereocenters. The van der Waals surface area contributed by atoms with Crippen LogP contribution in [0.3, 0.4) is 0 Å². The molecule has 0 radical (unpaired) electrons. The minimum Gasteiger partial charge on any atom is -0.340 e. The summed E-state index contributed by atoms with van der Waals surface area (Å²) in [5.74, 6) is -0.167. The van der Waals surface area contributed by atoms with E-state index in [2.05, 4.69) is 24.1 Å². The zero-order chi connectivity index (χ0) is 18.1. The number of anilines is 1. The van der Waals surface area contributed by atoms with E-state index in [4.69, 9.17) is 0 Å². The molecule has 1 N–H and O–H groups in total. The third kappa shape index (κ3) is 3.74. The van der Waals surface area contributed by atoms with Gasteiger partial charge in [-0.25, -0.2) is 4.98 Å². The van der Waals surface area contributed by atoms with E-state index in [1.54, 1.807) is 23.3 Å². The molecule has 6 heteroatoms. The Labute approximate surface area is 152 Å². The van der Waals surface area contributed by atoms with Gasteiger partial charge >= 0.3 is 0 Å². The van der Waals surface area contributed by atoms with E-state index in [-0.39, 0.29) is 18.2 Å². The highest BCUT2D eigenvalue weighted by Gasteiger charge is 2.33. The molecular formula is C19H23N3O2S. The fourth-order valence-electron chi connectivity index (χ4n) is 2.97. The number of rotatable bonds is 5. The molecule has 0 fully saturated rings. The van der Waals surface area contributed by atoms with Crippen LogP contribution in [0.15, 0.2) is 23.6 Å². The van der Waals surface area contributed by atoms with Crippen LogP contribution in [0.2, 0.25) is 0 Å². The maximum Gasteiger partial charge on any atom is 0.232 e. The molecule has 0 bridgehead atoms. The lowest BCUT2D eigenvalue weighted by atomic mass is 9.95. The number of aromatic nitrogens is 1. The number of hydrogen-bond donors (Lipinski definition) is 1. The van der Waals surface area contributed by atoms with Crippen molar-refractivity contribution in [1.29, 1.82) is 0 Å². The summed E-state index contributed by atoms with van der Waals surface area (Å²) < 4.78 is 0. The number of fused-ring (bicyclic) bond motifs is 1. The first kappa shape index (κ1) is 17.6. The predicted octanol–water partition coefficient (Wildman–Crippen LogP) is 3.66. The lowest BCUT2D eigenvalue weighted by molar-refractivity contribution is -0.132. The fourth-order valence-corrected chi connectivity index (χ4v) is 3.80. The first-order valence-corrected chi connectivity index (χ1v) is 9.32. The molecule has 25 heavy (non-hydrogen) atoms. The number of hydrogen-bond acceptors (Lipinski definition) is 4. The largest absolute Gasteiger partial charge is 0.340 e. The van der Waals surface area contributed by atoms with Gasteiger partial charge in [-0.1, -0.05) is 31.5 Å². The van der Waals surface area contributed by atoms with Crippen molar-refractivity contribution in [2.75, 3.05) is 12.4 Å². The summed E-state index contributed by atoms with van der Waals surface area (Å²) in [7, 11) is 1.76. The molecule has 3 rings (SSSR count). The molecule has 1 aliphatic heterocycles. The number of amides is 2. The number of benzene rings is 1. The van der Waals surface area contributed by atoms with Gasteiger partial charge in [0.1, 0.15) is 0 Å². The van der Waals surface area contributed by atoms with Gasteiger partial charge in [0.2, 0.25) is 11.8 Å². The van der Waals surface area contributed by atoms with Gasteiger partial charge in [0.15, 0.2) is 0 Å². The molecular weight excluding hydrogens is 334 g/mol. The van der Waals surface area contributed by atoms with E-state index < -0.39 is 5.92 Å². The van der Waals surface area contributed by atoms with Crippen LogP contribution in [0.25, 0.3) is 0 Å². The van der Waals surface area contributed by atoms with Gasteiger partial charge in [0.05, 0.1) is 23.2 Å². The molecule has 0 saturated heterocycles. The summed E-state index contributed by atoms with van der Waals surface area (Å²) in [5, 5.41) is 5.94. The second-order valence-corrected chi connectivity index (χ2v) is 7.81. The normalized spacial score (nSPS) is 16.0. The molecule has 0 aliphatic carbocycles. The maximum absolute atomic E-state index is 12.6. The molecule has 2 amide bonds. The van der Waals surface area contributed by atoms with Gasteiger partial charge in [0.25, 0.3) is 0 Å². The summed E-state index contributed by atoms with van der Waals surface area (Å²) in [4.78, 5) is 31.1. The third-order valence-corrected chi connectivity index (χ3v) is 5.62. The highest BCUT2D eigenvalue weighted by molar-refractivity contribution is 7.09. The van der Waals surface area contributed by atoms with Crippen molar-refractivity contribution < 1.29 is 9.59 Å². The zero-order valence-electron chi connectivity index (χ0n) is 15.0. The molecule has 1 aromatic carbocycles. The Morgan fingerprint density at radius 2 is 2.16 bits per heavy atom. The number of carbonyl (C=O) groups is 2. The van der Waals surface area contributed by atoms with Crippen LogP contribution in [0.5, 0.6) is 0 Å². The van der Waals surface area contributed by atoms with Crippen LogP contribution in [0, 0.1) is 6.92 Å². The predicted molar refractivity (Wildman–Crippen MR) is 99.8 cm³/mol. The number of nitrogens with one attached hydrogen (secondary N) is 1. The number of aryl methyl sites for hydroxylation is 1. The van der Waals surface area contributed by atoms with E-state index in [1.165, 1.54) is 0 Å². The second kappa shape index (κ2) is 6.96. The molecule has 1 unspecified atom stereocenters. The molecule has 5 nitrogen and oxygen atoms in total. The number of thiazole rings is 1. The van der Waals surface area contributed by atoms with Crippen LogP contribution in [0.4, 0.5) is 5.69 Å². The Hall–Kier alpha value is -2.21. The van der Waals surface area contributed by atoms with E-state index >= 15 is 0 Å².